The Hall–Kier alpha value is -3.31. The first-order valence-electron chi connectivity index (χ1n) is 7.23. The Morgan fingerprint density at radius 1 is 1.50 bits per heavy atom. The Morgan fingerprint density at radius 3 is 2.96 bits per heavy atom. The number of nitrogens with two attached hydrogens (primary N) is 1. The summed E-state index contributed by atoms with van der Waals surface area (Å²) in [5.41, 5.74) is 6.58. The molecule has 0 aliphatic carbocycles. The fourth-order valence-electron chi connectivity index (χ4n) is 3.60. The van der Waals surface area contributed by atoms with E-state index in [4.69, 9.17) is 10.5 Å². The van der Waals surface area contributed by atoms with Gasteiger partial charge in [-0.25, -0.2) is 0 Å². The van der Waals surface area contributed by atoms with Crippen molar-refractivity contribution in [3.8, 4) is 11.9 Å². The molecule has 0 unspecified atom stereocenters. The second-order valence-corrected chi connectivity index (χ2v) is 5.62. The summed E-state index contributed by atoms with van der Waals surface area (Å²) in [6, 6.07) is 9.01. The number of aromatic nitrogens is 2. The molecule has 1 amide bonds. The molecule has 1 aromatic heterocycles. The summed E-state index contributed by atoms with van der Waals surface area (Å²) in [5, 5.41) is 26.3. The van der Waals surface area contributed by atoms with Crippen molar-refractivity contribution >= 4 is 11.6 Å². The lowest BCUT2D eigenvalue weighted by molar-refractivity contribution is -0.121. The normalized spacial score (nSPS) is 21.5. The van der Waals surface area contributed by atoms with E-state index in [9.17, 15) is 15.2 Å². The van der Waals surface area contributed by atoms with Gasteiger partial charge in [0.25, 0.3) is 0 Å². The van der Waals surface area contributed by atoms with E-state index in [0.717, 1.165) is 0 Å². The highest BCUT2D eigenvalue weighted by Crippen LogP contribution is 2.55. The van der Waals surface area contributed by atoms with E-state index in [0.29, 0.717) is 22.5 Å². The first kappa shape index (κ1) is 14.3. The molecule has 1 aromatic carbocycles. The topological polar surface area (TPSA) is 128 Å². The van der Waals surface area contributed by atoms with Crippen molar-refractivity contribution in [1.29, 1.82) is 5.26 Å². The number of nitrogens with one attached hydrogen (secondary N) is 1. The summed E-state index contributed by atoms with van der Waals surface area (Å²) in [6.07, 6.45) is 0. The number of rotatable bonds is 1. The van der Waals surface area contributed by atoms with Crippen LogP contribution in [0.2, 0.25) is 0 Å². The number of hydrogen-bond acceptors (Lipinski definition) is 6. The van der Waals surface area contributed by atoms with Gasteiger partial charge in [-0.3, -0.25) is 14.8 Å². The lowest BCUT2D eigenvalue weighted by Crippen LogP contribution is -2.46. The van der Waals surface area contributed by atoms with Gasteiger partial charge < -0.3 is 15.6 Å². The molecule has 2 aliphatic heterocycles. The first-order valence-corrected chi connectivity index (χ1v) is 7.23. The van der Waals surface area contributed by atoms with E-state index in [1.54, 1.807) is 31.2 Å². The van der Waals surface area contributed by atoms with Crippen LogP contribution in [0.25, 0.3) is 0 Å². The summed E-state index contributed by atoms with van der Waals surface area (Å²) >= 11 is 0. The molecule has 0 fully saturated rings. The number of nitrogens with zero attached hydrogens (tertiary/aromatic N) is 3. The maximum Gasteiger partial charge on any atom is 0.249 e. The maximum atomic E-state index is 13.3. The summed E-state index contributed by atoms with van der Waals surface area (Å²) in [6.45, 7) is 1.23. The second-order valence-electron chi connectivity index (χ2n) is 5.62. The number of fused-ring (bicyclic) bond motifs is 4. The smallest absolute Gasteiger partial charge is 0.249 e. The van der Waals surface area contributed by atoms with Gasteiger partial charge in [0, 0.05) is 11.3 Å². The number of benzene rings is 1. The molecular formula is C16H13N5O3. The number of anilines is 1. The predicted octanol–water partition coefficient (Wildman–Crippen LogP) is 0.387. The average Bonchev–Trinajstić information content (AvgIpc) is 3.05. The lowest BCUT2D eigenvalue weighted by Gasteiger charge is -2.32. The molecule has 24 heavy (non-hydrogen) atoms. The van der Waals surface area contributed by atoms with E-state index < -0.39 is 18.1 Å². The molecule has 4 N–H and O–H groups in total. The summed E-state index contributed by atoms with van der Waals surface area (Å²) in [5.74, 6) is -0.467. The molecule has 2 aromatic rings. The number of ether oxygens (including phenoxy) is 1. The van der Waals surface area contributed by atoms with Crippen molar-refractivity contribution in [2.45, 2.75) is 12.3 Å². The monoisotopic (exact) mass is 323 g/mol. The van der Waals surface area contributed by atoms with Gasteiger partial charge in [0.1, 0.15) is 23.8 Å². The molecule has 0 saturated carbocycles. The van der Waals surface area contributed by atoms with Crippen molar-refractivity contribution in [3.05, 3.63) is 52.5 Å². The van der Waals surface area contributed by atoms with Crippen LogP contribution in [0.1, 0.15) is 16.8 Å². The zero-order valence-electron chi connectivity index (χ0n) is 12.7. The largest absolute Gasteiger partial charge is 0.420 e. The molecule has 1 atom stereocenters. The molecule has 0 radical (unpaired) electrons. The predicted molar refractivity (Wildman–Crippen MR) is 82.6 cm³/mol. The quantitative estimate of drug-likeness (QED) is 0.696. The van der Waals surface area contributed by atoms with Crippen LogP contribution in [-0.4, -0.2) is 27.9 Å². The van der Waals surface area contributed by atoms with Gasteiger partial charge in [-0.05, 0) is 13.0 Å². The second kappa shape index (κ2) is 4.59. The summed E-state index contributed by atoms with van der Waals surface area (Å²) < 4.78 is 5.43. The molecule has 4 rings (SSSR count). The number of para-hydroxylation sites is 1. The number of nitriles is 1. The minimum atomic E-state index is -1.47. The van der Waals surface area contributed by atoms with Gasteiger partial charge in [-0.1, -0.05) is 18.2 Å². The van der Waals surface area contributed by atoms with Crippen LogP contribution in [0.15, 0.2) is 35.7 Å². The van der Waals surface area contributed by atoms with Crippen molar-refractivity contribution < 1.29 is 14.6 Å². The number of H-pyrrole nitrogens is 1. The van der Waals surface area contributed by atoms with E-state index in [1.165, 1.54) is 4.90 Å². The van der Waals surface area contributed by atoms with Gasteiger partial charge in [-0.15, -0.1) is 5.10 Å². The van der Waals surface area contributed by atoms with Crippen LogP contribution < -0.4 is 15.4 Å². The number of aryl methyl sites for hydroxylation is 1. The molecule has 3 heterocycles. The van der Waals surface area contributed by atoms with Crippen molar-refractivity contribution in [3.63, 3.8) is 0 Å². The zero-order chi connectivity index (χ0) is 17.1. The molecular weight excluding hydrogens is 310 g/mol. The third-order valence-electron chi connectivity index (χ3n) is 4.54. The third-order valence-corrected chi connectivity index (χ3v) is 4.54. The van der Waals surface area contributed by atoms with Crippen LogP contribution in [0.4, 0.5) is 5.69 Å². The Kier molecular flexibility index (Phi) is 2.74. The van der Waals surface area contributed by atoms with Gasteiger partial charge in [0.15, 0.2) is 0 Å². The van der Waals surface area contributed by atoms with Crippen molar-refractivity contribution in [2.24, 2.45) is 5.73 Å². The Balaban J connectivity index is 2.18. The van der Waals surface area contributed by atoms with Gasteiger partial charge >= 0.3 is 0 Å². The molecule has 2 aliphatic rings. The molecule has 8 heteroatoms. The lowest BCUT2D eigenvalue weighted by atomic mass is 9.69. The standard InChI is InChI=1S/C16H13N5O3/c1-8-12-14(20-19-8)24-13(18)10(6-17)16(12)9-4-2-3-5-11(9)21(7-22)15(16)23/h2-5,22H,7,18H2,1H3,(H,19,20)/t16-/m0/s1. The van der Waals surface area contributed by atoms with E-state index in [1.807, 2.05) is 6.07 Å². The number of aliphatic hydroxyl groups is 1. The van der Waals surface area contributed by atoms with Crippen molar-refractivity contribution in [1.82, 2.24) is 10.2 Å². The highest BCUT2D eigenvalue weighted by Gasteiger charge is 2.60. The number of aromatic amines is 1. The zero-order valence-corrected chi connectivity index (χ0v) is 12.7. The van der Waals surface area contributed by atoms with Crippen LogP contribution >= 0.6 is 0 Å². The van der Waals surface area contributed by atoms with Crippen LogP contribution in [0, 0.1) is 18.3 Å². The SMILES string of the molecule is Cc1[nH]nc2c1[C@@]1(C(=O)N(CO)c3ccccc31)C(C#N)=C(N)O2. The molecule has 0 bridgehead atoms. The van der Waals surface area contributed by atoms with Crippen LogP contribution in [-0.2, 0) is 10.2 Å². The maximum absolute atomic E-state index is 13.3. The van der Waals surface area contributed by atoms with Crippen molar-refractivity contribution in [2.75, 3.05) is 11.6 Å². The average molecular weight is 323 g/mol. The highest BCUT2D eigenvalue weighted by molar-refractivity contribution is 6.14. The first-order chi connectivity index (χ1) is 11.6. The fraction of sp³-hybridized carbons (Fsp3) is 0.188. The Labute approximate surface area is 136 Å². The van der Waals surface area contributed by atoms with E-state index in [-0.39, 0.29) is 17.3 Å². The summed E-state index contributed by atoms with van der Waals surface area (Å²) in [7, 11) is 0. The van der Waals surface area contributed by atoms with E-state index >= 15 is 0 Å². The molecule has 0 saturated heterocycles. The minimum absolute atomic E-state index is 0.00657. The molecule has 120 valence electrons. The third kappa shape index (κ3) is 1.40. The highest BCUT2D eigenvalue weighted by atomic mass is 16.5. The van der Waals surface area contributed by atoms with Gasteiger partial charge in [0.2, 0.25) is 17.7 Å². The number of hydrogen-bond donors (Lipinski definition) is 3. The Morgan fingerprint density at radius 2 is 2.25 bits per heavy atom. The number of carbonyl (C=O) groups is 1. The fourth-order valence-corrected chi connectivity index (χ4v) is 3.60. The number of amides is 1. The van der Waals surface area contributed by atoms with Gasteiger partial charge in [-0.2, -0.15) is 5.26 Å². The van der Waals surface area contributed by atoms with Gasteiger partial charge in [0.05, 0.1) is 11.3 Å². The minimum Gasteiger partial charge on any atom is -0.420 e. The Bertz CT molecular complexity index is 955. The number of carbonyl (C=O) groups excluding carboxylic acids is 1. The number of aliphatic hydroxyl groups excluding tert-OH is 1. The molecule has 8 nitrogen and oxygen atoms in total. The molecule has 1 spiro atoms. The van der Waals surface area contributed by atoms with E-state index in [2.05, 4.69) is 10.2 Å². The van der Waals surface area contributed by atoms with Crippen LogP contribution in [0.5, 0.6) is 5.88 Å². The van der Waals surface area contributed by atoms with Crippen LogP contribution in [0.3, 0.4) is 0 Å². The summed E-state index contributed by atoms with van der Waals surface area (Å²) in [4.78, 5) is 14.5.